The van der Waals surface area contributed by atoms with Crippen molar-refractivity contribution in [2.24, 2.45) is 17.8 Å². The van der Waals surface area contributed by atoms with Gasteiger partial charge in [-0.2, -0.15) is 48.3 Å². The summed E-state index contributed by atoms with van der Waals surface area (Å²) in [5.74, 6) is -41.3. The first-order valence-electron chi connectivity index (χ1n) is 12.3. The van der Waals surface area contributed by atoms with Crippen molar-refractivity contribution < 1.29 is 86.4 Å². The molecule has 4 aliphatic carbocycles. The molecule has 0 radical (unpaired) electrons. The molecule has 0 aromatic heterocycles. The van der Waals surface area contributed by atoms with Crippen molar-refractivity contribution in [3.63, 3.8) is 0 Å². The zero-order chi connectivity index (χ0) is 33.2. The molecule has 4 fully saturated rings. The molecule has 4 aliphatic rings. The number of alkyl halides is 11. The van der Waals surface area contributed by atoms with E-state index in [1.165, 1.54) is 6.92 Å². The summed E-state index contributed by atoms with van der Waals surface area (Å²) in [6.07, 6.45) is -9.21. The van der Waals surface area contributed by atoms with Crippen LogP contribution in [0.1, 0.15) is 46.0 Å². The summed E-state index contributed by atoms with van der Waals surface area (Å²) in [6, 6.07) is 0. The van der Waals surface area contributed by atoms with E-state index >= 15 is 0 Å². The molecule has 19 heteroatoms. The number of hydrogen-bond acceptors (Lipinski definition) is 8. The van der Waals surface area contributed by atoms with Crippen LogP contribution < -0.4 is 0 Å². The third-order valence-electron chi connectivity index (χ3n) is 7.59. The van der Waals surface area contributed by atoms with Gasteiger partial charge in [-0.3, -0.25) is 0 Å². The zero-order valence-electron chi connectivity index (χ0n) is 22.1. The Morgan fingerprint density at radius 1 is 0.767 bits per heavy atom. The van der Waals surface area contributed by atoms with Crippen LogP contribution in [0, 0.1) is 17.8 Å². The second kappa shape index (κ2) is 10.5. The van der Waals surface area contributed by atoms with Gasteiger partial charge in [0.2, 0.25) is 0 Å². The van der Waals surface area contributed by atoms with Gasteiger partial charge in [0.1, 0.15) is 5.60 Å². The first kappa shape index (κ1) is 34.3. The van der Waals surface area contributed by atoms with Crippen LogP contribution in [0.5, 0.6) is 0 Å². The predicted molar refractivity (Wildman–Crippen MR) is 115 cm³/mol. The number of rotatable bonds is 10. The number of hydrogen-bond donors (Lipinski definition) is 0. The molecule has 4 bridgehead atoms. The van der Waals surface area contributed by atoms with Crippen LogP contribution in [0.15, 0.2) is 12.2 Å². The first-order valence-corrected chi connectivity index (χ1v) is 12.3. The van der Waals surface area contributed by atoms with Gasteiger partial charge in [-0.1, -0.05) is 6.58 Å². The van der Waals surface area contributed by atoms with Crippen molar-refractivity contribution in [1.29, 1.82) is 0 Å². The topological polar surface area (TPSA) is 105 Å². The van der Waals surface area contributed by atoms with Crippen LogP contribution in [-0.4, -0.2) is 71.7 Å². The van der Waals surface area contributed by atoms with Gasteiger partial charge in [-0.15, -0.1) is 0 Å². The lowest BCUT2D eigenvalue weighted by molar-refractivity contribution is -0.369. The van der Waals surface area contributed by atoms with Gasteiger partial charge in [0, 0.05) is 24.3 Å². The summed E-state index contributed by atoms with van der Waals surface area (Å²) < 4.78 is 168. The van der Waals surface area contributed by atoms with Crippen molar-refractivity contribution in [2.75, 3.05) is 6.61 Å². The Hall–Kier alpha value is -3.15. The van der Waals surface area contributed by atoms with Crippen molar-refractivity contribution in [2.45, 2.75) is 87.2 Å². The summed E-state index contributed by atoms with van der Waals surface area (Å²) in [7, 11) is 0. The molecule has 2 atom stereocenters. The summed E-state index contributed by atoms with van der Waals surface area (Å²) in [5.41, 5.74) is -1.75. The number of esters is 4. The van der Waals surface area contributed by atoms with Gasteiger partial charge in [-0.25, -0.2) is 19.2 Å². The Balaban J connectivity index is 1.99. The third-order valence-corrected chi connectivity index (χ3v) is 7.59. The Morgan fingerprint density at radius 3 is 1.65 bits per heavy atom. The molecule has 8 nitrogen and oxygen atoms in total. The summed E-state index contributed by atoms with van der Waals surface area (Å²) in [5, 5.41) is 0. The first-order chi connectivity index (χ1) is 19.2. The molecule has 0 amide bonds. The van der Waals surface area contributed by atoms with E-state index in [4.69, 9.17) is 4.74 Å². The monoisotopic (exact) mass is 648 g/mol. The van der Waals surface area contributed by atoms with Crippen LogP contribution in [0.2, 0.25) is 0 Å². The molecule has 4 rings (SSSR count). The molecular formula is C24H23F11O8. The normalized spacial score (nSPS) is 29.1. The molecule has 0 aliphatic heterocycles. The Morgan fingerprint density at radius 2 is 1.23 bits per heavy atom. The number of ether oxygens (including phenoxy) is 4. The van der Waals surface area contributed by atoms with Crippen LogP contribution in [0.3, 0.4) is 0 Å². The van der Waals surface area contributed by atoms with Gasteiger partial charge < -0.3 is 18.9 Å². The number of carbonyl (C=O) groups is 4. The molecule has 244 valence electrons. The predicted octanol–water partition coefficient (Wildman–Crippen LogP) is 5.13. The van der Waals surface area contributed by atoms with Crippen LogP contribution in [0.4, 0.5) is 48.3 Å². The summed E-state index contributed by atoms with van der Waals surface area (Å²) in [4.78, 5) is 48.4. The van der Waals surface area contributed by atoms with E-state index in [0.29, 0.717) is 0 Å². The van der Waals surface area contributed by atoms with E-state index in [0.717, 1.165) is 0 Å². The highest BCUT2D eigenvalue weighted by atomic mass is 19.4. The van der Waals surface area contributed by atoms with E-state index < -0.39 is 122 Å². The minimum absolute atomic E-state index is 0.0103. The smallest absolute Gasteiger partial charge is 0.457 e. The zero-order valence-corrected chi connectivity index (χ0v) is 22.1. The van der Waals surface area contributed by atoms with Crippen LogP contribution in [-0.2, 0) is 38.1 Å². The summed E-state index contributed by atoms with van der Waals surface area (Å²) in [6.45, 7) is 3.13. The summed E-state index contributed by atoms with van der Waals surface area (Å²) >= 11 is 0. The van der Waals surface area contributed by atoms with Gasteiger partial charge >= 0.3 is 53.7 Å². The fourth-order valence-electron chi connectivity index (χ4n) is 5.76. The maximum Gasteiger partial charge on any atom is 0.460 e. The number of halogens is 11. The highest BCUT2D eigenvalue weighted by molar-refractivity contribution is 5.88. The largest absolute Gasteiger partial charge is 0.460 e. The van der Waals surface area contributed by atoms with Crippen molar-refractivity contribution >= 4 is 23.9 Å². The van der Waals surface area contributed by atoms with Crippen LogP contribution >= 0.6 is 0 Å². The number of carbonyl (C=O) groups excluding carboxylic acids is 4. The van der Waals surface area contributed by atoms with E-state index in [1.807, 2.05) is 0 Å². The van der Waals surface area contributed by atoms with Crippen molar-refractivity contribution in [3.8, 4) is 0 Å². The highest BCUT2D eigenvalue weighted by Gasteiger charge is 2.79. The fraction of sp³-hybridized carbons (Fsp3) is 0.750. The van der Waals surface area contributed by atoms with E-state index in [2.05, 4.69) is 20.8 Å². The Labute approximate surface area is 234 Å². The van der Waals surface area contributed by atoms with Gasteiger partial charge in [0.05, 0.1) is 0 Å². The van der Waals surface area contributed by atoms with Gasteiger partial charge in [0.15, 0.2) is 6.61 Å². The third kappa shape index (κ3) is 5.86. The minimum Gasteiger partial charge on any atom is -0.457 e. The van der Waals surface area contributed by atoms with E-state index in [-0.39, 0.29) is 12.0 Å². The average Bonchev–Trinajstić information content (AvgIpc) is 2.83. The van der Waals surface area contributed by atoms with Gasteiger partial charge in [0.25, 0.3) is 5.79 Å². The molecule has 0 saturated heterocycles. The Bertz CT molecular complexity index is 1170. The quantitative estimate of drug-likeness (QED) is 0.106. The van der Waals surface area contributed by atoms with E-state index in [1.54, 1.807) is 0 Å². The van der Waals surface area contributed by atoms with Crippen molar-refractivity contribution in [1.82, 2.24) is 0 Å². The molecule has 2 unspecified atom stereocenters. The van der Waals surface area contributed by atoms with Crippen LogP contribution in [0.25, 0.3) is 0 Å². The molecular weight excluding hydrogens is 625 g/mol. The molecule has 0 aromatic carbocycles. The maximum atomic E-state index is 14.2. The Kier molecular flexibility index (Phi) is 8.38. The lowest BCUT2D eigenvalue weighted by Gasteiger charge is -2.62. The average molecular weight is 648 g/mol. The lowest BCUT2D eigenvalue weighted by Crippen LogP contribution is -2.69. The standard InChI is InChI=1S/C24H23F11O8/c1-10(2)15(37)40-9-14(36)41-19-6-11-4-12(7-19)20(13(5-11)8-19,42-16(38)21(27,28)18(3,25)26)43-17(39)22(29,30)23(31,32)24(33,34)35/h11-13H,1,4-9H2,2-3H3. The highest BCUT2D eigenvalue weighted by Crippen LogP contribution is 2.63. The second-order valence-electron chi connectivity index (χ2n) is 11.0. The molecule has 43 heavy (non-hydrogen) atoms. The van der Waals surface area contributed by atoms with E-state index in [9.17, 15) is 67.5 Å². The maximum absolute atomic E-state index is 14.2. The van der Waals surface area contributed by atoms with Gasteiger partial charge in [-0.05, 0) is 44.9 Å². The minimum atomic E-state index is -7.06. The molecule has 0 N–H and O–H groups in total. The molecule has 0 aromatic rings. The molecule has 4 saturated carbocycles. The fourth-order valence-corrected chi connectivity index (χ4v) is 5.76. The molecule has 0 spiro atoms. The second-order valence-corrected chi connectivity index (χ2v) is 11.0. The SMILES string of the molecule is C=C(C)C(=O)OCC(=O)OC12CC3CC(C1)C(OC(=O)C(F)(F)C(C)(F)F)(OC(=O)C(F)(F)C(F)(F)C(F)(F)F)C(C3)C2. The van der Waals surface area contributed by atoms with Crippen molar-refractivity contribution in [3.05, 3.63) is 12.2 Å². The lowest BCUT2D eigenvalue weighted by atomic mass is 9.51. The molecule has 0 heterocycles.